The Morgan fingerprint density at radius 1 is 1.26 bits per heavy atom. The quantitative estimate of drug-likeness (QED) is 0.210. The Kier molecular flexibility index (Phi) is 7.65. The molecule has 31 heavy (non-hydrogen) atoms. The number of hydrogen-bond acceptors (Lipinski definition) is 4. The van der Waals surface area contributed by atoms with E-state index < -0.39 is 17.5 Å². The molecule has 5 N–H and O–H groups in total. The fraction of sp³-hybridized carbons (Fsp3) is 0.545. The van der Waals surface area contributed by atoms with Crippen LogP contribution in [0.5, 0.6) is 0 Å². The molecular formula is C22H32F2N5OP. The minimum absolute atomic E-state index is 0.0544. The molecule has 1 amide bonds. The van der Waals surface area contributed by atoms with Crippen molar-refractivity contribution < 1.29 is 13.6 Å². The van der Waals surface area contributed by atoms with Crippen LogP contribution in [0.25, 0.3) is 0 Å². The number of primary amides is 1. The summed E-state index contributed by atoms with van der Waals surface area (Å²) < 4.78 is 26.9. The number of benzene rings is 1. The van der Waals surface area contributed by atoms with Crippen LogP contribution in [0.1, 0.15) is 50.5 Å². The molecule has 1 aromatic carbocycles. The van der Waals surface area contributed by atoms with Crippen molar-refractivity contribution in [2.45, 2.75) is 62.7 Å². The van der Waals surface area contributed by atoms with Crippen LogP contribution in [-0.4, -0.2) is 47.5 Å². The van der Waals surface area contributed by atoms with E-state index >= 15 is 0 Å². The molecule has 2 fully saturated rings. The minimum Gasteiger partial charge on any atom is -0.387 e. The molecule has 1 saturated heterocycles. The number of nitrogens with zero attached hydrogens (tertiary/aromatic N) is 1. The summed E-state index contributed by atoms with van der Waals surface area (Å²) in [6.45, 7) is 3.86. The van der Waals surface area contributed by atoms with Crippen LogP contribution >= 0.6 is 9.24 Å². The van der Waals surface area contributed by atoms with Gasteiger partial charge in [0.15, 0.2) is 0 Å². The molecule has 170 valence electrons. The Hall–Kier alpha value is -2.05. The van der Waals surface area contributed by atoms with Gasteiger partial charge < -0.3 is 21.3 Å². The molecule has 1 aliphatic carbocycles. The molecule has 2 atom stereocenters. The average Bonchev–Trinajstić information content (AvgIpc) is 2.67. The third-order valence-corrected chi connectivity index (χ3v) is 6.86. The minimum atomic E-state index is -2.90. The van der Waals surface area contributed by atoms with Gasteiger partial charge in [0.1, 0.15) is 5.84 Å². The number of rotatable bonds is 8. The summed E-state index contributed by atoms with van der Waals surface area (Å²) in [5, 5.41) is 14.3. The van der Waals surface area contributed by atoms with Crippen molar-refractivity contribution in [1.29, 1.82) is 5.41 Å². The van der Waals surface area contributed by atoms with Crippen molar-refractivity contribution in [3.05, 3.63) is 41.6 Å². The smallest absolute Gasteiger partial charge is 0.265 e. The molecule has 0 bridgehead atoms. The van der Waals surface area contributed by atoms with E-state index in [4.69, 9.17) is 11.1 Å². The monoisotopic (exact) mass is 451 g/mol. The Labute approximate surface area is 184 Å². The summed E-state index contributed by atoms with van der Waals surface area (Å²) in [5.74, 6) is -1.79. The number of anilines is 1. The number of nitrogens with one attached hydrogen (secondary N) is 3. The Morgan fingerprint density at radius 2 is 1.87 bits per heavy atom. The zero-order valence-electron chi connectivity index (χ0n) is 17.8. The second-order valence-electron chi connectivity index (χ2n) is 8.50. The maximum atomic E-state index is 13.5. The lowest BCUT2D eigenvalue weighted by molar-refractivity contribution is -0.114. The van der Waals surface area contributed by atoms with Gasteiger partial charge in [0.05, 0.1) is 5.57 Å². The van der Waals surface area contributed by atoms with Crippen LogP contribution in [0, 0.1) is 5.41 Å². The van der Waals surface area contributed by atoms with Crippen LogP contribution in [0.3, 0.4) is 0 Å². The SMILES string of the molecule is CC(c1ccc(NC(=N)/C(=C\NC2CCC(N3CCC3)CC2)C(N)=O)cc1)C(F)(F)P. The van der Waals surface area contributed by atoms with Gasteiger partial charge in [-0.15, -0.1) is 0 Å². The van der Waals surface area contributed by atoms with Crippen molar-refractivity contribution in [2.24, 2.45) is 5.73 Å². The molecule has 3 rings (SSSR count). The van der Waals surface area contributed by atoms with Gasteiger partial charge in [-0.25, -0.2) is 8.78 Å². The number of carbonyl (C=O) groups excluding carboxylic acids is 1. The first-order valence-electron chi connectivity index (χ1n) is 10.8. The molecule has 1 aromatic rings. The van der Waals surface area contributed by atoms with E-state index in [2.05, 4.69) is 15.5 Å². The molecule has 2 unspecified atom stereocenters. The topological polar surface area (TPSA) is 94.2 Å². The first-order chi connectivity index (χ1) is 14.6. The first-order valence-corrected chi connectivity index (χ1v) is 11.4. The molecule has 6 nitrogen and oxygen atoms in total. The van der Waals surface area contributed by atoms with Crippen molar-refractivity contribution >= 4 is 26.7 Å². The molecule has 9 heteroatoms. The fourth-order valence-corrected chi connectivity index (χ4v) is 4.26. The second-order valence-corrected chi connectivity index (χ2v) is 9.27. The third kappa shape index (κ3) is 6.23. The van der Waals surface area contributed by atoms with Gasteiger partial charge in [-0.1, -0.05) is 28.3 Å². The number of amides is 1. The molecule has 0 aromatic heterocycles. The standard InChI is InChI=1S/C22H32F2N5OP/c1-14(22(23,24)31)15-3-5-17(6-4-15)28-20(25)19(21(26)30)13-27-16-7-9-18(10-8-16)29-11-2-12-29/h3-6,13-14,16,18,27H,2,7-12,31H2,1H3,(H2,25,28)(H2,26,30)/b19-13+. The van der Waals surface area contributed by atoms with Crippen LogP contribution in [-0.2, 0) is 4.79 Å². The Balaban J connectivity index is 1.56. The van der Waals surface area contributed by atoms with Crippen molar-refractivity contribution in [3.63, 3.8) is 0 Å². The number of halogens is 2. The van der Waals surface area contributed by atoms with Crippen molar-refractivity contribution in [3.8, 4) is 0 Å². The summed E-state index contributed by atoms with van der Waals surface area (Å²) in [4.78, 5) is 14.4. The van der Waals surface area contributed by atoms with Crippen LogP contribution in [0.2, 0.25) is 0 Å². The summed E-state index contributed by atoms with van der Waals surface area (Å²) in [6, 6.07) is 7.32. The van der Waals surface area contributed by atoms with E-state index in [9.17, 15) is 13.6 Å². The van der Waals surface area contributed by atoms with E-state index in [1.165, 1.54) is 32.6 Å². The molecule has 2 aliphatic rings. The van der Waals surface area contributed by atoms with Gasteiger partial charge in [0, 0.05) is 29.9 Å². The summed E-state index contributed by atoms with van der Waals surface area (Å²) in [5.41, 5.74) is 3.65. The van der Waals surface area contributed by atoms with Crippen LogP contribution < -0.4 is 16.4 Å². The second kappa shape index (κ2) is 10.0. The van der Waals surface area contributed by atoms with Crippen LogP contribution in [0.15, 0.2) is 36.0 Å². The third-order valence-electron chi connectivity index (χ3n) is 6.36. The summed E-state index contributed by atoms with van der Waals surface area (Å²) >= 11 is 0. The van der Waals surface area contributed by atoms with E-state index in [-0.39, 0.29) is 17.5 Å². The zero-order valence-corrected chi connectivity index (χ0v) is 19.0. The van der Waals surface area contributed by atoms with E-state index in [0.29, 0.717) is 17.3 Å². The molecule has 0 spiro atoms. The maximum absolute atomic E-state index is 13.5. The predicted molar refractivity (Wildman–Crippen MR) is 124 cm³/mol. The van der Waals surface area contributed by atoms with E-state index in [1.54, 1.807) is 33.5 Å². The highest BCUT2D eigenvalue weighted by molar-refractivity contribution is 7.18. The number of carbonyl (C=O) groups is 1. The lowest BCUT2D eigenvalue weighted by Gasteiger charge is -2.42. The first kappa shape index (κ1) is 23.6. The molecule has 1 saturated carbocycles. The lowest BCUT2D eigenvalue weighted by atomic mass is 9.89. The highest BCUT2D eigenvalue weighted by atomic mass is 31.0. The largest absolute Gasteiger partial charge is 0.387 e. The van der Waals surface area contributed by atoms with Gasteiger partial charge in [-0.2, -0.15) is 0 Å². The number of alkyl halides is 2. The van der Waals surface area contributed by atoms with Gasteiger partial charge in [0.2, 0.25) is 0 Å². The highest BCUT2D eigenvalue weighted by Crippen LogP contribution is 2.38. The molecule has 1 heterocycles. The van der Waals surface area contributed by atoms with Gasteiger partial charge >= 0.3 is 0 Å². The van der Waals surface area contributed by atoms with Crippen molar-refractivity contribution in [2.75, 3.05) is 18.4 Å². The number of amidine groups is 1. The average molecular weight is 452 g/mol. The summed E-state index contributed by atoms with van der Waals surface area (Å²) in [6.07, 6.45) is 7.12. The van der Waals surface area contributed by atoms with E-state index in [0.717, 1.165) is 25.7 Å². The van der Waals surface area contributed by atoms with Gasteiger partial charge in [-0.3, -0.25) is 10.2 Å². The molecule has 0 radical (unpaired) electrons. The lowest BCUT2D eigenvalue weighted by Crippen LogP contribution is -2.48. The Bertz CT molecular complexity index is 812. The molecule has 1 aliphatic heterocycles. The number of likely N-dealkylation sites (tertiary alicyclic amines) is 1. The zero-order chi connectivity index (χ0) is 22.6. The fourth-order valence-electron chi connectivity index (χ4n) is 4.07. The summed E-state index contributed by atoms with van der Waals surface area (Å²) in [7, 11) is 1.56. The highest BCUT2D eigenvalue weighted by Gasteiger charge is 2.31. The van der Waals surface area contributed by atoms with Gasteiger partial charge in [0.25, 0.3) is 11.6 Å². The maximum Gasteiger partial charge on any atom is 0.265 e. The Morgan fingerprint density at radius 3 is 2.35 bits per heavy atom. The number of hydrogen-bond donors (Lipinski definition) is 4. The normalized spacial score (nSPS) is 23.5. The van der Waals surface area contributed by atoms with Crippen molar-refractivity contribution in [1.82, 2.24) is 10.2 Å². The number of nitrogens with two attached hydrogens (primary N) is 1. The van der Waals surface area contributed by atoms with Gasteiger partial charge in [-0.05, 0) is 62.9 Å². The van der Waals surface area contributed by atoms with E-state index in [1.807, 2.05) is 0 Å². The van der Waals surface area contributed by atoms with Crippen LogP contribution in [0.4, 0.5) is 14.5 Å². The predicted octanol–water partition coefficient (Wildman–Crippen LogP) is 3.62. The molecular weight excluding hydrogens is 419 g/mol.